The van der Waals surface area contributed by atoms with E-state index >= 15 is 0 Å². The van der Waals surface area contributed by atoms with E-state index in [0.717, 1.165) is 41.1 Å². The van der Waals surface area contributed by atoms with Crippen molar-refractivity contribution in [3.63, 3.8) is 0 Å². The van der Waals surface area contributed by atoms with E-state index < -0.39 is 0 Å². The topological polar surface area (TPSA) is 50.4 Å². The number of anilines is 2. The predicted molar refractivity (Wildman–Crippen MR) is 99.9 cm³/mol. The molecule has 2 rings (SSSR count). The summed E-state index contributed by atoms with van der Waals surface area (Å²) in [4.78, 5) is 12.3. The molecule has 24 heavy (non-hydrogen) atoms. The average Bonchev–Trinajstić information content (AvgIpc) is 2.60. The first-order valence-corrected chi connectivity index (χ1v) is 8.49. The molecular formula is C20H26N2O2. The Bertz CT molecular complexity index is 683. The zero-order valence-corrected chi connectivity index (χ0v) is 14.7. The number of carbonyl (C=O) groups is 1. The van der Waals surface area contributed by atoms with Gasteiger partial charge in [0.2, 0.25) is 5.91 Å². The molecule has 0 spiro atoms. The number of amides is 1. The van der Waals surface area contributed by atoms with E-state index in [4.69, 9.17) is 4.74 Å². The fourth-order valence-corrected chi connectivity index (χ4v) is 2.48. The van der Waals surface area contributed by atoms with Crippen molar-refractivity contribution in [2.45, 2.75) is 33.6 Å². The van der Waals surface area contributed by atoms with Crippen molar-refractivity contribution < 1.29 is 9.53 Å². The summed E-state index contributed by atoms with van der Waals surface area (Å²) in [7, 11) is 0. The van der Waals surface area contributed by atoms with Crippen molar-refractivity contribution in [1.82, 2.24) is 0 Å². The Hall–Kier alpha value is -2.49. The lowest BCUT2D eigenvalue weighted by molar-refractivity contribution is -0.114. The van der Waals surface area contributed by atoms with Gasteiger partial charge in [0, 0.05) is 17.4 Å². The maximum absolute atomic E-state index is 12.3. The fraction of sp³-hybridized carbons (Fsp3) is 0.350. The highest BCUT2D eigenvalue weighted by atomic mass is 16.5. The minimum atomic E-state index is -0.0566. The second-order valence-electron chi connectivity index (χ2n) is 5.74. The summed E-state index contributed by atoms with van der Waals surface area (Å²) in [6.45, 7) is 7.08. The molecule has 0 fully saturated rings. The molecule has 0 aliphatic rings. The maximum Gasteiger partial charge on any atom is 0.243 e. The number of carbonyl (C=O) groups excluding carboxylic acids is 1. The molecule has 0 radical (unpaired) electrons. The Balaban J connectivity index is 1.94. The molecule has 0 saturated heterocycles. The Morgan fingerprint density at radius 3 is 2.67 bits per heavy atom. The summed E-state index contributed by atoms with van der Waals surface area (Å²) >= 11 is 0. The number of aryl methyl sites for hydroxylation is 2. The van der Waals surface area contributed by atoms with Crippen LogP contribution in [0, 0.1) is 6.92 Å². The molecule has 0 aromatic heterocycles. The van der Waals surface area contributed by atoms with E-state index in [1.54, 1.807) is 0 Å². The molecular weight excluding hydrogens is 300 g/mol. The highest BCUT2D eigenvalue weighted by molar-refractivity contribution is 5.95. The normalized spacial score (nSPS) is 10.3. The van der Waals surface area contributed by atoms with E-state index in [9.17, 15) is 4.79 Å². The van der Waals surface area contributed by atoms with Crippen LogP contribution in [0.15, 0.2) is 42.5 Å². The second kappa shape index (κ2) is 8.96. The molecule has 0 aliphatic carbocycles. The van der Waals surface area contributed by atoms with Crippen LogP contribution in [0.2, 0.25) is 0 Å². The van der Waals surface area contributed by atoms with Gasteiger partial charge < -0.3 is 15.4 Å². The predicted octanol–water partition coefficient (Wildman–Crippen LogP) is 4.40. The van der Waals surface area contributed by atoms with Crippen molar-refractivity contribution >= 4 is 17.3 Å². The number of benzene rings is 2. The van der Waals surface area contributed by atoms with Gasteiger partial charge in [0.1, 0.15) is 5.75 Å². The minimum Gasteiger partial charge on any atom is -0.494 e. The molecule has 0 bridgehead atoms. The minimum absolute atomic E-state index is 0.0566. The maximum atomic E-state index is 12.3. The van der Waals surface area contributed by atoms with Gasteiger partial charge in [-0.25, -0.2) is 0 Å². The van der Waals surface area contributed by atoms with Crippen molar-refractivity contribution in [2.24, 2.45) is 0 Å². The van der Waals surface area contributed by atoms with Crippen LogP contribution in [-0.4, -0.2) is 19.1 Å². The van der Waals surface area contributed by atoms with E-state index in [1.807, 2.05) is 49.4 Å². The highest BCUT2D eigenvalue weighted by Crippen LogP contribution is 2.21. The lowest BCUT2D eigenvalue weighted by Crippen LogP contribution is -2.22. The van der Waals surface area contributed by atoms with Crippen LogP contribution in [0.4, 0.5) is 11.4 Å². The van der Waals surface area contributed by atoms with Gasteiger partial charge in [0.15, 0.2) is 0 Å². The Labute approximate surface area is 144 Å². The van der Waals surface area contributed by atoms with Gasteiger partial charge in [-0.05, 0) is 43.0 Å². The third-order valence-corrected chi connectivity index (χ3v) is 3.76. The van der Waals surface area contributed by atoms with Gasteiger partial charge in [0.05, 0.1) is 13.2 Å². The van der Waals surface area contributed by atoms with Crippen molar-refractivity contribution in [3.05, 3.63) is 53.6 Å². The number of hydrogen-bond donors (Lipinski definition) is 2. The van der Waals surface area contributed by atoms with Crippen molar-refractivity contribution in [1.29, 1.82) is 0 Å². The first kappa shape index (κ1) is 17.9. The quantitative estimate of drug-likeness (QED) is 0.756. The first-order valence-electron chi connectivity index (χ1n) is 8.49. The van der Waals surface area contributed by atoms with Crippen LogP contribution in [0.1, 0.15) is 31.4 Å². The molecule has 2 aromatic rings. The lowest BCUT2D eigenvalue weighted by Gasteiger charge is -2.14. The molecule has 0 aliphatic heterocycles. The van der Waals surface area contributed by atoms with Crippen LogP contribution < -0.4 is 15.4 Å². The van der Waals surface area contributed by atoms with Gasteiger partial charge in [-0.3, -0.25) is 4.79 Å². The smallest absolute Gasteiger partial charge is 0.243 e. The van der Waals surface area contributed by atoms with Crippen LogP contribution in [0.5, 0.6) is 5.75 Å². The molecule has 128 valence electrons. The molecule has 4 heteroatoms. The highest BCUT2D eigenvalue weighted by Gasteiger charge is 2.08. The lowest BCUT2D eigenvalue weighted by atomic mass is 10.1. The standard InChI is InChI=1S/C20H26N2O2/c1-4-12-24-18-11-7-10-17(13-18)21-14-19(23)22-20-15(3)8-6-9-16(20)5-2/h6-11,13,21H,4-5,12,14H2,1-3H3,(H,22,23). The molecule has 4 nitrogen and oxygen atoms in total. The largest absolute Gasteiger partial charge is 0.494 e. The Morgan fingerprint density at radius 2 is 1.92 bits per heavy atom. The monoisotopic (exact) mass is 326 g/mol. The average molecular weight is 326 g/mol. The summed E-state index contributed by atoms with van der Waals surface area (Å²) in [6, 6.07) is 13.8. The number of rotatable bonds is 8. The summed E-state index contributed by atoms with van der Waals surface area (Å²) in [6.07, 6.45) is 1.86. The Morgan fingerprint density at radius 1 is 1.12 bits per heavy atom. The number of nitrogens with one attached hydrogen (secondary N) is 2. The zero-order chi connectivity index (χ0) is 17.4. The summed E-state index contributed by atoms with van der Waals surface area (Å²) in [5.41, 5.74) is 4.03. The molecule has 0 heterocycles. The van der Waals surface area contributed by atoms with Crippen molar-refractivity contribution in [3.8, 4) is 5.75 Å². The number of ether oxygens (including phenoxy) is 1. The van der Waals surface area contributed by atoms with Gasteiger partial charge in [-0.15, -0.1) is 0 Å². The second-order valence-corrected chi connectivity index (χ2v) is 5.74. The SMILES string of the molecule is CCCOc1cccc(NCC(=O)Nc2c(C)cccc2CC)c1. The van der Waals surface area contributed by atoms with E-state index in [1.165, 1.54) is 0 Å². The molecule has 0 atom stereocenters. The summed E-state index contributed by atoms with van der Waals surface area (Å²) in [5, 5.41) is 6.16. The molecule has 1 amide bonds. The zero-order valence-electron chi connectivity index (χ0n) is 14.7. The molecule has 2 aromatic carbocycles. The number of hydrogen-bond acceptors (Lipinski definition) is 3. The number of para-hydroxylation sites is 1. The van der Waals surface area contributed by atoms with E-state index in [0.29, 0.717) is 6.61 Å². The van der Waals surface area contributed by atoms with Gasteiger partial charge in [0.25, 0.3) is 0 Å². The molecule has 0 unspecified atom stereocenters. The van der Waals surface area contributed by atoms with Crippen LogP contribution in [0.25, 0.3) is 0 Å². The van der Waals surface area contributed by atoms with Crippen LogP contribution >= 0.6 is 0 Å². The molecule has 2 N–H and O–H groups in total. The van der Waals surface area contributed by atoms with Gasteiger partial charge >= 0.3 is 0 Å². The van der Waals surface area contributed by atoms with Crippen molar-refractivity contribution in [2.75, 3.05) is 23.8 Å². The van der Waals surface area contributed by atoms with Gasteiger partial charge in [-0.1, -0.05) is 38.1 Å². The first-order chi connectivity index (χ1) is 11.6. The van der Waals surface area contributed by atoms with Gasteiger partial charge in [-0.2, -0.15) is 0 Å². The fourth-order valence-electron chi connectivity index (χ4n) is 2.48. The summed E-state index contributed by atoms with van der Waals surface area (Å²) in [5.74, 6) is 0.758. The molecule has 0 saturated carbocycles. The third-order valence-electron chi connectivity index (χ3n) is 3.76. The third kappa shape index (κ3) is 5.01. The van der Waals surface area contributed by atoms with E-state index in [2.05, 4.69) is 24.5 Å². The Kier molecular flexibility index (Phi) is 6.67. The van der Waals surface area contributed by atoms with E-state index in [-0.39, 0.29) is 12.5 Å². The van der Waals surface area contributed by atoms with Crippen LogP contribution in [-0.2, 0) is 11.2 Å². The summed E-state index contributed by atoms with van der Waals surface area (Å²) < 4.78 is 5.60. The van der Waals surface area contributed by atoms with Crippen LogP contribution in [0.3, 0.4) is 0 Å².